The van der Waals surface area contributed by atoms with E-state index in [0.717, 1.165) is 37.2 Å². The SMILES string of the molecule is Brc1ccc2c(c1)C(=NN(c1ccccc1)c1ccccc1)c1cc(Br)ccc1-2. The smallest absolute Gasteiger partial charge is 0.0997 e. The fraction of sp³-hybridized carbons (Fsp3) is 0. The molecule has 0 aliphatic heterocycles. The molecule has 0 spiro atoms. The average Bonchev–Trinajstić information content (AvgIpc) is 3.05. The molecule has 0 saturated heterocycles. The predicted molar refractivity (Wildman–Crippen MR) is 128 cm³/mol. The fourth-order valence-corrected chi connectivity index (χ4v) is 4.37. The van der Waals surface area contributed by atoms with Crippen LogP contribution in [0.3, 0.4) is 0 Å². The largest absolute Gasteiger partial charge is 0.233 e. The van der Waals surface area contributed by atoms with Gasteiger partial charge < -0.3 is 0 Å². The molecule has 5 rings (SSSR count). The third-order valence-corrected chi connectivity index (χ3v) is 5.95. The molecule has 4 aromatic rings. The van der Waals surface area contributed by atoms with E-state index < -0.39 is 0 Å². The molecule has 0 saturated carbocycles. The van der Waals surface area contributed by atoms with Crippen LogP contribution in [0.2, 0.25) is 0 Å². The molecule has 0 heterocycles. The lowest BCUT2D eigenvalue weighted by molar-refractivity contribution is 1.08. The highest BCUT2D eigenvalue weighted by Gasteiger charge is 2.26. The zero-order valence-corrected chi connectivity index (χ0v) is 18.6. The van der Waals surface area contributed by atoms with Crippen molar-refractivity contribution in [2.45, 2.75) is 0 Å². The molecule has 0 aromatic heterocycles. The number of halogens is 2. The molecule has 4 aromatic carbocycles. The average molecular weight is 504 g/mol. The maximum atomic E-state index is 5.19. The van der Waals surface area contributed by atoms with Crippen molar-refractivity contribution in [2.75, 3.05) is 5.01 Å². The molecule has 0 unspecified atom stereocenters. The first-order chi connectivity index (χ1) is 14.2. The Kier molecular flexibility index (Phi) is 4.82. The van der Waals surface area contributed by atoms with Crippen molar-refractivity contribution in [3.63, 3.8) is 0 Å². The second kappa shape index (κ2) is 7.62. The standard InChI is InChI=1S/C25H16Br2N2/c26-17-11-13-21-22-14-12-18(27)16-24(22)25(23(21)15-17)28-29(19-7-3-1-4-8-19)20-9-5-2-6-10-20/h1-16H. The zero-order chi connectivity index (χ0) is 19.8. The molecule has 0 N–H and O–H groups in total. The molecule has 1 aliphatic carbocycles. The van der Waals surface area contributed by atoms with Gasteiger partial charge in [0, 0.05) is 20.1 Å². The van der Waals surface area contributed by atoms with Gasteiger partial charge in [-0.1, -0.05) is 80.4 Å². The van der Waals surface area contributed by atoms with E-state index in [1.54, 1.807) is 0 Å². The molecule has 2 nitrogen and oxygen atoms in total. The van der Waals surface area contributed by atoms with Gasteiger partial charge in [-0.15, -0.1) is 0 Å². The van der Waals surface area contributed by atoms with Crippen molar-refractivity contribution in [3.05, 3.63) is 117 Å². The summed E-state index contributed by atoms with van der Waals surface area (Å²) < 4.78 is 2.09. The van der Waals surface area contributed by atoms with Crippen molar-refractivity contribution in [2.24, 2.45) is 5.10 Å². The number of nitrogens with zero attached hydrogens (tertiary/aromatic N) is 2. The number of hydrazone groups is 1. The molecular formula is C25H16Br2N2. The molecule has 0 fully saturated rings. The summed E-state index contributed by atoms with van der Waals surface area (Å²) in [5.74, 6) is 0. The molecular weight excluding hydrogens is 488 g/mol. The third-order valence-electron chi connectivity index (χ3n) is 4.97. The lowest BCUT2D eigenvalue weighted by Gasteiger charge is -2.21. The van der Waals surface area contributed by atoms with Gasteiger partial charge in [-0.3, -0.25) is 0 Å². The van der Waals surface area contributed by atoms with E-state index in [-0.39, 0.29) is 0 Å². The zero-order valence-electron chi connectivity index (χ0n) is 15.4. The number of hydrogen-bond acceptors (Lipinski definition) is 2. The van der Waals surface area contributed by atoms with Crippen LogP contribution >= 0.6 is 31.9 Å². The van der Waals surface area contributed by atoms with Crippen molar-refractivity contribution in [3.8, 4) is 11.1 Å². The van der Waals surface area contributed by atoms with Crippen molar-refractivity contribution in [1.82, 2.24) is 0 Å². The minimum Gasteiger partial charge on any atom is -0.233 e. The van der Waals surface area contributed by atoms with E-state index in [2.05, 4.69) is 92.5 Å². The van der Waals surface area contributed by atoms with Crippen molar-refractivity contribution in [1.29, 1.82) is 0 Å². The van der Waals surface area contributed by atoms with Gasteiger partial charge in [0.1, 0.15) is 0 Å². The van der Waals surface area contributed by atoms with Gasteiger partial charge in [-0.25, -0.2) is 5.01 Å². The van der Waals surface area contributed by atoms with Gasteiger partial charge >= 0.3 is 0 Å². The van der Waals surface area contributed by atoms with Crippen LogP contribution in [0, 0.1) is 0 Å². The first-order valence-corrected chi connectivity index (χ1v) is 10.9. The summed E-state index contributed by atoms with van der Waals surface area (Å²) >= 11 is 7.26. The fourth-order valence-electron chi connectivity index (χ4n) is 3.65. The maximum absolute atomic E-state index is 5.19. The summed E-state index contributed by atoms with van der Waals surface area (Å²) in [6.45, 7) is 0. The number of rotatable bonds is 3. The Labute approximate surface area is 186 Å². The second-order valence-corrected chi connectivity index (χ2v) is 8.64. The van der Waals surface area contributed by atoms with Crippen LogP contribution in [0.5, 0.6) is 0 Å². The van der Waals surface area contributed by atoms with Crippen LogP contribution in [0.1, 0.15) is 11.1 Å². The Bertz CT molecular complexity index is 1130. The molecule has 140 valence electrons. The minimum absolute atomic E-state index is 0.963. The Morgan fingerprint density at radius 2 is 0.966 bits per heavy atom. The highest BCUT2D eigenvalue weighted by molar-refractivity contribution is 9.10. The van der Waals surface area contributed by atoms with Crippen LogP contribution in [0.4, 0.5) is 11.4 Å². The highest BCUT2D eigenvalue weighted by atomic mass is 79.9. The van der Waals surface area contributed by atoms with Gasteiger partial charge in [-0.2, -0.15) is 5.10 Å². The predicted octanol–water partition coefficient (Wildman–Crippen LogP) is 7.78. The van der Waals surface area contributed by atoms with E-state index in [1.807, 2.05) is 41.4 Å². The second-order valence-electron chi connectivity index (χ2n) is 6.81. The number of anilines is 2. The summed E-state index contributed by atoms with van der Waals surface area (Å²) in [7, 11) is 0. The third kappa shape index (κ3) is 3.43. The summed E-state index contributed by atoms with van der Waals surface area (Å²) in [6.07, 6.45) is 0. The van der Waals surface area contributed by atoms with Crippen LogP contribution in [-0.2, 0) is 0 Å². The van der Waals surface area contributed by atoms with E-state index in [9.17, 15) is 0 Å². The highest BCUT2D eigenvalue weighted by Crippen LogP contribution is 2.40. The van der Waals surface area contributed by atoms with Crippen LogP contribution < -0.4 is 5.01 Å². The molecule has 0 radical (unpaired) electrons. The lowest BCUT2D eigenvalue weighted by atomic mass is 10.1. The van der Waals surface area contributed by atoms with E-state index in [4.69, 9.17) is 5.10 Å². The number of hydrogen-bond donors (Lipinski definition) is 0. The van der Waals surface area contributed by atoms with E-state index >= 15 is 0 Å². The van der Waals surface area contributed by atoms with E-state index in [1.165, 1.54) is 11.1 Å². The first kappa shape index (κ1) is 18.3. The Morgan fingerprint density at radius 1 is 0.517 bits per heavy atom. The number of para-hydroxylation sites is 2. The quantitative estimate of drug-likeness (QED) is 0.229. The Morgan fingerprint density at radius 3 is 1.41 bits per heavy atom. The molecule has 4 heteroatoms. The molecule has 0 amide bonds. The van der Waals surface area contributed by atoms with Crippen LogP contribution in [0.25, 0.3) is 11.1 Å². The minimum atomic E-state index is 0.963. The molecule has 0 atom stereocenters. The van der Waals surface area contributed by atoms with Crippen LogP contribution in [-0.4, -0.2) is 5.71 Å². The monoisotopic (exact) mass is 502 g/mol. The Hall–Kier alpha value is -2.69. The van der Waals surface area contributed by atoms with Gasteiger partial charge in [-0.05, 0) is 59.7 Å². The topological polar surface area (TPSA) is 15.6 Å². The van der Waals surface area contributed by atoms with Crippen LogP contribution in [0.15, 0.2) is 111 Å². The normalized spacial score (nSPS) is 11.7. The Balaban J connectivity index is 1.76. The van der Waals surface area contributed by atoms with Gasteiger partial charge in [0.2, 0.25) is 0 Å². The van der Waals surface area contributed by atoms with Gasteiger partial charge in [0.15, 0.2) is 0 Å². The van der Waals surface area contributed by atoms with E-state index in [0.29, 0.717) is 0 Å². The van der Waals surface area contributed by atoms with Crippen molar-refractivity contribution >= 4 is 48.9 Å². The summed E-state index contributed by atoms with van der Waals surface area (Å²) in [6, 6.07) is 33.3. The lowest BCUT2D eigenvalue weighted by Crippen LogP contribution is -2.13. The first-order valence-electron chi connectivity index (χ1n) is 9.30. The van der Waals surface area contributed by atoms with Gasteiger partial charge in [0.05, 0.1) is 17.1 Å². The van der Waals surface area contributed by atoms with Crippen molar-refractivity contribution < 1.29 is 0 Å². The molecule has 0 bridgehead atoms. The summed E-state index contributed by atoms with van der Waals surface area (Å²) in [5.41, 5.74) is 7.67. The molecule has 1 aliphatic rings. The van der Waals surface area contributed by atoms with Gasteiger partial charge in [0.25, 0.3) is 0 Å². The number of fused-ring (bicyclic) bond motifs is 3. The number of benzene rings is 4. The molecule has 29 heavy (non-hydrogen) atoms. The maximum Gasteiger partial charge on any atom is 0.0997 e. The summed E-state index contributed by atoms with van der Waals surface area (Å²) in [4.78, 5) is 0. The summed E-state index contributed by atoms with van der Waals surface area (Å²) in [5, 5.41) is 7.20.